The van der Waals surface area contributed by atoms with Gasteiger partial charge in [0, 0.05) is 0 Å². The lowest BCUT2D eigenvalue weighted by Gasteiger charge is -2.13. The highest BCUT2D eigenvalue weighted by molar-refractivity contribution is 5.98. The second-order valence-corrected chi connectivity index (χ2v) is 3.72. The van der Waals surface area contributed by atoms with Crippen LogP contribution in [0.15, 0.2) is 30.0 Å². The fraction of sp³-hybridized carbons (Fsp3) is 0.231. The largest absolute Gasteiger partial charge is 0.495 e. The molecule has 0 radical (unpaired) electrons. The van der Waals surface area contributed by atoms with Crippen molar-refractivity contribution in [3.63, 3.8) is 0 Å². The van der Waals surface area contributed by atoms with Gasteiger partial charge in [0.25, 0.3) is 0 Å². The molecule has 0 unspecified atom stereocenters. The number of benzene rings is 1. The summed E-state index contributed by atoms with van der Waals surface area (Å²) >= 11 is 0. The molecule has 0 fully saturated rings. The van der Waals surface area contributed by atoms with Crippen LogP contribution in [0.1, 0.15) is 5.56 Å². The van der Waals surface area contributed by atoms with E-state index in [9.17, 15) is 9.59 Å². The number of methoxy groups -OCH3 is 2. The number of carboxylic acid groups (broad SMARTS) is 1. The van der Waals surface area contributed by atoms with Gasteiger partial charge in [0.2, 0.25) is 0 Å². The fourth-order valence-corrected chi connectivity index (χ4v) is 1.44. The molecule has 6 heteroatoms. The standard InChI is InChI=1S/C13H15NO5/c1-8-4-5-11(18-2)9(6-8)14-10(7-12(15)16)13(17)19-3/h4-7,14H,1-3H3,(H,15,16). The van der Waals surface area contributed by atoms with Gasteiger partial charge in [-0.05, 0) is 24.6 Å². The average Bonchev–Trinajstić information content (AvgIpc) is 2.36. The number of carbonyl (C=O) groups is 2. The van der Waals surface area contributed by atoms with E-state index in [1.54, 1.807) is 12.1 Å². The molecule has 0 amide bonds. The first-order chi connectivity index (χ1) is 8.97. The Bertz CT molecular complexity index is 522. The maximum atomic E-state index is 11.5. The summed E-state index contributed by atoms with van der Waals surface area (Å²) in [6.07, 6.45) is 0.744. The van der Waals surface area contributed by atoms with Gasteiger partial charge in [0.1, 0.15) is 11.4 Å². The highest BCUT2D eigenvalue weighted by Gasteiger charge is 2.14. The Balaban J connectivity index is 3.12. The summed E-state index contributed by atoms with van der Waals surface area (Å²) in [6.45, 7) is 1.86. The minimum Gasteiger partial charge on any atom is -0.495 e. The number of aryl methyl sites for hydroxylation is 1. The third-order valence-corrected chi connectivity index (χ3v) is 2.30. The summed E-state index contributed by atoms with van der Waals surface area (Å²) in [5.74, 6) is -1.53. The first kappa shape index (κ1) is 14.6. The van der Waals surface area contributed by atoms with Gasteiger partial charge in [-0.25, -0.2) is 9.59 Å². The highest BCUT2D eigenvalue weighted by Crippen LogP contribution is 2.26. The first-order valence-electron chi connectivity index (χ1n) is 5.42. The van der Waals surface area contributed by atoms with E-state index < -0.39 is 11.9 Å². The van der Waals surface area contributed by atoms with Gasteiger partial charge in [-0.3, -0.25) is 0 Å². The zero-order valence-electron chi connectivity index (χ0n) is 10.9. The topological polar surface area (TPSA) is 84.9 Å². The van der Waals surface area contributed by atoms with E-state index in [4.69, 9.17) is 9.84 Å². The van der Waals surface area contributed by atoms with Gasteiger partial charge in [-0.15, -0.1) is 0 Å². The number of hydrogen-bond acceptors (Lipinski definition) is 5. The Morgan fingerprint density at radius 1 is 1.32 bits per heavy atom. The second-order valence-electron chi connectivity index (χ2n) is 3.72. The lowest BCUT2D eigenvalue weighted by molar-refractivity contribution is -0.137. The monoisotopic (exact) mass is 265 g/mol. The van der Waals surface area contributed by atoms with E-state index in [1.807, 2.05) is 13.0 Å². The number of nitrogens with one attached hydrogen (secondary N) is 1. The van der Waals surface area contributed by atoms with Crippen LogP contribution in [0.5, 0.6) is 5.75 Å². The number of ether oxygens (including phenoxy) is 2. The van der Waals surface area contributed by atoms with Crippen molar-refractivity contribution in [3.8, 4) is 5.75 Å². The zero-order valence-corrected chi connectivity index (χ0v) is 10.9. The predicted molar refractivity (Wildman–Crippen MR) is 69.1 cm³/mol. The van der Waals surface area contributed by atoms with Crippen LogP contribution < -0.4 is 10.1 Å². The third-order valence-electron chi connectivity index (χ3n) is 2.30. The van der Waals surface area contributed by atoms with Crippen LogP contribution in [0.3, 0.4) is 0 Å². The van der Waals surface area contributed by atoms with Gasteiger partial charge in [0.05, 0.1) is 26.0 Å². The van der Waals surface area contributed by atoms with E-state index in [-0.39, 0.29) is 5.70 Å². The van der Waals surface area contributed by atoms with E-state index in [1.165, 1.54) is 14.2 Å². The number of esters is 1. The molecule has 0 aliphatic carbocycles. The molecular formula is C13H15NO5. The Morgan fingerprint density at radius 2 is 2.00 bits per heavy atom. The molecule has 1 aromatic rings. The predicted octanol–water partition coefficient (Wildman–Crippen LogP) is 1.56. The molecule has 6 nitrogen and oxygen atoms in total. The molecule has 0 aromatic heterocycles. The molecular weight excluding hydrogens is 250 g/mol. The minimum atomic E-state index is -1.25. The smallest absolute Gasteiger partial charge is 0.354 e. The molecule has 102 valence electrons. The summed E-state index contributed by atoms with van der Waals surface area (Å²) in [5.41, 5.74) is 1.24. The second kappa shape index (κ2) is 6.44. The molecule has 2 N–H and O–H groups in total. The van der Waals surface area contributed by atoms with Crippen molar-refractivity contribution in [1.29, 1.82) is 0 Å². The van der Waals surface area contributed by atoms with Crippen LogP contribution >= 0.6 is 0 Å². The van der Waals surface area contributed by atoms with E-state index in [0.717, 1.165) is 11.6 Å². The first-order valence-corrected chi connectivity index (χ1v) is 5.42. The van der Waals surface area contributed by atoms with Crippen LogP contribution in [0.2, 0.25) is 0 Å². The van der Waals surface area contributed by atoms with Crippen molar-refractivity contribution in [2.75, 3.05) is 19.5 Å². The maximum Gasteiger partial charge on any atom is 0.354 e. The fourth-order valence-electron chi connectivity index (χ4n) is 1.44. The number of aliphatic carboxylic acids is 1. The van der Waals surface area contributed by atoms with Crippen molar-refractivity contribution < 1.29 is 24.2 Å². The SMILES string of the molecule is COC(=O)C(=CC(=O)O)Nc1cc(C)ccc1OC. The number of hydrogen-bond donors (Lipinski definition) is 2. The van der Waals surface area contributed by atoms with Crippen LogP contribution in [0, 0.1) is 6.92 Å². The van der Waals surface area contributed by atoms with Crippen LogP contribution in [-0.2, 0) is 14.3 Å². The Hall–Kier alpha value is -2.50. The van der Waals surface area contributed by atoms with E-state index in [2.05, 4.69) is 10.1 Å². The summed E-state index contributed by atoms with van der Waals surface area (Å²) in [7, 11) is 2.65. The van der Waals surface area contributed by atoms with Gasteiger partial charge in [-0.1, -0.05) is 6.07 Å². The Morgan fingerprint density at radius 3 is 2.53 bits per heavy atom. The van der Waals surface area contributed by atoms with Crippen LogP contribution in [0.4, 0.5) is 5.69 Å². The minimum absolute atomic E-state index is 0.182. The lowest BCUT2D eigenvalue weighted by atomic mass is 10.2. The van der Waals surface area contributed by atoms with Crippen molar-refractivity contribution in [2.24, 2.45) is 0 Å². The molecule has 1 aromatic carbocycles. The highest BCUT2D eigenvalue weighted by atomic mass is 16.5. The van der Waals surface area contributed by atoms with Gasteiger partial charge in [-0.2, -0.15) is 0 Å². The average molecular weight is 265 g/mol. The maximum absolute atomic E-state index is 11.5. The summed E-state index contributed by atoms with van der Waals surface area (Å²) in [4.78, 5) is 22.2. The normalized spacial score (nSPS) is 10.8. The summed E-state index contributed by atoms with van der Waals surface area (Å²) in [5, 5.41) is 11.4. The van der Waals surface area contributed by atoms with Crippen molar-refractivity contribution >= 4 is 17.6 Å². The number of anilines is 1. The Labute approximate surface area is 110 Å². The van der Waals surface area contributed by atoms with Crippen molar-refractivity contribution in [3.05, 3.63) is 35.5 Å². The molecule has 0 saturated carbocycles. The molecule has 0 aliphatic heterocycles. The Kier molecular flexibility index (Phi) is 4.93. The van der Waals surface area contributed by atoms with E-state index >= 15 is 0 Å². The number of carboxylic acids is 1. The van der Waals surface area contributed by atoms with Crippen LogP contribution in [0.25, 0.3) is 0 Å². The van der Waals surface area contributed by atoms with E-state index in [0.29, 0.717) is 11.4 Å². The summed E-state index contributed by atoms with van der Waals surface area (Å²) < 4.78 is 9.65. The molecule has 0 spiro atoms. The van der Waals surface area contributed by atoms with Crippen molar-refractivity contribution in [1.82, 2.24) is 0 Å². The van der Waals surface area contributed by atoms with Gasteiger partial charge >= 0.3 is 11.9 Å². The van der Waals surface area contributed by atoms with Crippen molar-refractivity contribution in [2.45, 2.75) is 6.92 Å². The molecule has 19 heavy (non-hydrogen) atoms. The quantitative estimate of drug-likeness (QED) is 0.620. The van der Waals surface area contributed by atoms with Gasteiger partial charge in [0.15, 0.2) is 0 Å². The molecule has 0 aliphatic rings. The number of carbonyl (C=O) groups excluding carboxylic acids is 1. The lowest BCUT2D eigenvalue weighted by Crippen LogP contribution is -2.15. The molecule has 0 bridgehead atoms. The molecule has 1 rings (SSSR count). The van der Waals surface area contributed by atoms with Gasteiger partial charge < -0.3 is 19.9 Å². The molecule has 0 atom stereocenters. The summed E-state index contributed by atoms with van der Waals surface area (Å²) in [6, 6.07) is 5.29. The number of rotatable bonds is 5. The van der Waals surface area contributed by atoms with Crippen LogP contribution in [-0.4, -0.2) is 31.3 Å². The molecule has 0 saturated heterocycles. The molecule has 0 heterocycles. The third kappa shape index (κ3) is 4.02. The zero-order chi connectivity index (χ0) is 14.4.